The molecule has 0 aliphatic heterocycles. The van der Waals surface area contributed by atoms with Gasteiger partial charge in [0.25, 0.3) is 0 Å². The normalized spacial score (nSPS) is 10.5. The standard InChI is InChI=1S/C13H17N3O/c1-13(2,3)10-4-6-11(7-5-10)16-12(17)15-9-8-14/h4-7H,9H2,1-3H3,(H2,15,16,17). The maximum Gasteiger partial charge on any atom is 0.320 e. The Labute approximate surface area is 102 Å². The van der Waals surface area contributed by atoms with Gasteiger partial charge in [-0.3, -0.25) is 0 Å². The first kappa shape index (κ1) is 13.0. The molecular weight excluding hydrogens is 214 g/mol. The number of rotatable bonds is 2. The average molecular weight is 231 g/mol. The number of benzene rings is 1. The summed E-state index contributed by atoms with van der Waals surface area (Å²) in [6, 6.07) is 9.16. The van der Waals surface area contributed by atoms with Gasteiger partial charge < -0.3 is 10.6 Å². The van der Waals surface area contributed by atoms with Gasteiger partial charge in [0, 0.05) is 5.69 Å². The summed E-state index contributed by atoms with van der Waals surface area (Å²) in [4.78, 5) is 11.3. The van der Waals surface area contributed by atoms with Gasteiger partial charge in [-0.05, 0) is 23.1 Å². The molecule has 0 fully saturated rings. The summed E-state index contributed by atoms with van der Waals surface area (Å²) in [5, 5.41) is 13.4. The zero-order chi connectivity index (χ0) is 12.9. The number of carbonyl (C=O) groups is 1. The van der Waals surface area contributed by atoms with Crippen molar-refractivity contribution < 1.29 is 4.79 Å². The van der Waals surface area contributed by atoms with Gasteiger partial charge in [-0.1, -0.05) is 32.9 Å². The zero-order valence-electron chi connectivity index (χ0n) is 10.4. The van der Waals surface area contributed by atoms with Crippen LogP contribution in [0.15, 0.2) is 24.3 Å². The fourth-order valence-electron chi connectivity index (χ4n) is 1.35. The highest BCUT2D eigenvalue weighted by Gasteiger charge is 2.12. The third-order valence-electron chi connectivity index (χ3n) is 2.34. The van der Waals surface area contributed by atoms with Crippen LogP contribution in [0.4, 0.5) is 10.5 Å². The van der Waals surface area contributed by atoms with Gasteiger partial charge in [-0.2, -0.15) is 5.26 Å². The molecule has 0 aliphatic carbocycles. The van der Waals surface area contributed by atoms with Crippen molar-refractivity contribution in [3.05, 3.63) is 29.8 Å². The number of nitriles is 1. The number of nitrogens with zero attached hydrogens (tertiary/aromatic N) is 1. The van der Waals surface area contributed by atoms with Crippen LogP contribution in [0.5, 0.6) is 0 Å². The molecule has 1 aromatic rings. The molecule has 0 heterocycles. The number of anilines is 1. The van der Waals surface area contributed by atoms with Crippen LogP contribution >= 0.6 is 0 Å². The van der Waals surface area contributed by atoms with E-state index >= 15 is 0 Å². The third kappa shape index (κ3) is 4.15. The van der Waals surface area contributed by atoms with Crippen LogP contribution in [0, 0.1) is 11.3 Å². The van der Waals surface area contributed by atoms with Gasteiger partial charge in [0.15, 0.2) is 0 Å². The van der Waals surface area contributed by atoms with Crippen LogP contribution in [-0.4, -0.2) is 12.6 Å². The first-order valence-corrected chi connectivity index (χ1v) is 5.46. The third-order valence-corrected chi connectivity index (χ3v) is 2.34. The minimum absolute atomic E-state index is 0.00586. The van der Waals surface area contributed by atoms with Crippen molar-refractivity contribution in [2.45, 2.75) is 26.2 Å². The van der Waals surface area contributed by atoms with Crippen molar-refractivity contribution >= 4 is 11.7 Å². The highest BCUT2D eigenvalue weighted by Crippen LogP contribution is 2.23. The van der Waals surface area contributed by atoms with Crippen molar-refractivity contribution in [3.8, 4) is 6.07 Å². The number of hydrogen-bond acceptors (Lipinski definition) is 2. The molecule has 2 N–H and O–H groups in total. The van der Waals surface area contributed by atoms with E-state index in [4.69, 9.17) is 5.26 Å². The Kier molecular flexibility index (Phi) is 4.11. The summed E-state index contributed by atoms with van der Waals surface area (Å²) in [5.41, 5.74) is 2.02. The molecule has 0 aromatic heterocycles. The maximum absolute atomic E-state index is 11.3. The van der Waals surface area contributed by atoms with Gasteiger partial charge >= 0.3 is 6.03 Å². The molecule has 0 unspecified atom stereocenters. The number of nitrogens with one attached hydrogen (secondary N) is 2. The van der Waals surface area contributed by atoms with Gasteiger partial charge in [-0.15, -0.1) is 0 Å². The molecule has 1 aromatic carbocycles. The van der Waals surface area contributed by atoms with E-state index in [0.29, 0.717) is 5.69 Å². The molecule has 0 saturated carbocycles. The first-order chi connectivity index (χ1) is 7.93. The van der Waals surface area contributed by atoms with Gasteiger partial charge in [0.1, 0.15) is 6.54 Å². The van der Waals surface area contributed by atoms with Crippen molar-refractivity contribution in [2.75, 3.05) is 11.9 Å². The lowest BCUT2D eigenvalue weighted by molar-refractivity contribution is 0.253. The minimum atomic E-state index is -0.366. The molecule has 0 radical (unpaired) electrons. The number of amides is 2. The summed E-state index contributed by atoms with van der Waals surface area (Å²) >= 11 is 0. The van der Waals surface area contributed by atoms with Gasteiger partial charge in [-0.25, -0.2) is 4.79 Å². The van der Waals surface area contributed by atoms with Gasteiger partial charge in [0.2, 0.25) is 0 Å². The Morgan fingerprint density at radius 3 is 2.35 bits per heavy atom. The minimum Gasteiger partial charge on any atom is -0.325 e. The Bertz CT molecular complexity index is 423. The van der Waals surface area contributed by atoms with Crippen LogP contribution in [0.1, 0.15) is 26.3 Å². The van der Waals surface area contributed by atoms with Crippen LogP contribution < -0.4 is 10.6 Å². The van der Waals surface area contributed by atoms with Crippen molar-refractivity contribution in [3.63, 3.8) is 0 Å². The number of urea groups is 1. The summed E-state index contributed by atoms with van der Waals surface area (Å²) in [7, 11) is 0. The molecule has 4 nitrogen and oxygen atoms in total. The van der Waals surface area contributed by atoms with E-state index < -0.39 is 0 Å². The van der Waals surface area contributed by atoms with E-state index in [1.807, 2.05) is 30.3 Å². The molecule has 4 heteroatoms. The number of hydrogen-bond donors (Lipinski definition) is 2. The molecule has 2 amide bonds. The molecule has 90 valence electrons. The van der Waals surface area contributed by atoms with E-state index in [0.717, 1.165) is 0 Å². The summed E-state index contributed by atoms with van der Waals surface area (Å²) in [6.07, 6.45) is 0. The molecule has 17 heavy (non-hydrogen) atoms. The summed E-state index contributed by atoms with van der Waals surface area (Å²) in [5.74, 6) is 0. The second-order valence-corrected chi connectivity index (χ2v) is 4.79. The fraction of sp³-hybridized carbons (Fsp3) is 0.385. The highest BCUT2D eigenvalue weighted by atomic mass is 16.2. The molecular formula is C13H17N3O. The Morgan fingerprint density at radius 2 is 1.88 bits per heavy atom. The lowest BCUT2D eigenvalue weighted by Gasteiger charge is -2.19. The topological polar surface area (TPSA) is 64.9 Å². The summed E-state index contributed by atoms with van der Waals surface area (Å²) < 4.78 is 0. The molecule has 0 bridgehead atoms. The monoisotopic (exact) mass is 231 g/mol. The average Bonchev–Trinajstić information content (AvgIpc) is 2.26. The van der Waals surface area contributed by atoms with Crippen molar-refractivity contribution in [1.29, 1.82) is 5.26 Å². The van der Waals surface area contributed by atoms with Crippen LogP contribution in [0.2, 0.25) is 0 Å². The largest absolute Gasteiger partial charge is 0.325 e. The maximum atomic E-state index is 11.3. The smallest absolute Gasteiger partial charge is 0.320 e. The molecule has 0 saturated heterocycles. The Balaban J connectivity index is 2.63. The molecule has 0 aliphatic rings. The zero-order valence-corrected chi connectivity index (χ0v) is 10.4. The highest BCUT2D eigenvalue weighted by molar-refractivity contribution is 5.89. The second-order valence-electron chi connectivity index (χ2n) is 4.79. The predicted molar refractivity (Wildman–Crippen MR) is 67.8 cm³/mol. The van der Waals surface area contributed by atoms with E-state index in [1.54, 1.807) is 0 Å². The Morgan fingerprint density at radius 1 is 1.29 bits per heavy atom. The van der Waals surface area contributed by atoms with E-state index in [2.05, 4.69) is 31.4 Å². The second kappa shape index (κ2) is 5.35. The summed E-state index contributed by atoms with van der Waals surface area (Å²) in [6.45, 7) is 6.41. The molecule has 0 atom stereocenters. The quantitative estimate of drug-likeness (QED) is 0.768. The molecule has 1 rings (SSSR count). The van der Waals surface area contributed by atoms with Crippen LogP contribution in [0.3, 0.4) is 0 Å². The lowest BCUT2D eigenvalue weighted by atomic mass is 9.87. The van der Waals surface area contributed by atoms with E-state index in [-0.39, 0.29) is 18.0 Å². The van der Waals surface area contributed by atoms with Crippen LogP contribution in [-0.2, 0) is 5.41 Å². The first-order valence-electron chi connectivity index (χ1n) is 5.46. The fourth-order valence-corrected chi connectivity index (χ4v) is 1.35. The predicted octanol–water partition coefficient (Wildman–Crippen LogP) is 2.63. The number of carbonyl (C=O) groups excluding carboxylic acids is 1. The van der Waals surface area contributed by atoms with Gasteiger partial charge in [0.05, 0.1) is 6.07 Å². The lowest BCUT2D eigenvalue weighted by Crippen LogP contribution is -2.28. The SMILES string of the molecule is CC(C)(C)c1ccc(NC(=O)NCC#N)cc1. The van der Waals surface area contributed by atoms with Crippen LogP contribution in [0.25, 0.3) is 0 Å². The van der Waals surface area contributed by atoms with Crippen molar-refractivity contribution in [2.24, 2.45) is 0 Å². The Hall–Kier alpha value is -2.02. The van der Waals surface area contributed by atoms with Crippen molar-refractivity contribution in [1.82, 2.24) is 5.32 Å². The molecule has 0 spiro atoms. The van der Waals surface area contributed by atoms with E-state index in [1.165, 1.54) is 5.56 Å². The van der Waals surface area contributed by atoms with E-state index in [9.17, 15) is 4.79 Å².